The van der Waals surface area contributed by atoms with Gasteiger partial charge in [-0.15, -0.1) is 11.3 Å². The summed E-state index contributed by atoms with van der Waals surface area (Å²) in [7, 11) is 0. The van der Waals surface area contributed by atoms with E-state index >= 15 is 0 Å². The summed E-state index contributed by atoms with van der Waals surface area (Å²) >= 11 is 1.19. The lowest BCUT2D eigenvalue weighted by atomic mass is 10.2. The minimum atomic E-state index is -4.78. The molecule has 160 valence electrons. The van der Waals surface area contributed by atoms with Crippen molar-refractivity contribution in [3.05, 3.63) is 70.9 Å². The number of halogens is 6. The van der Waals surface area contributed by atoms with Gasteiger partial charge in [0.05, 0.1) is 16.1 Å². The standard InChI is InChI=1S/C19H10F6N4OS/c20-18(21,22)10-3-1-4-11(7-10)26-17(30)13-9-16-27-12(14-5-2-6-31-14)8-15(19(23,24)25)29(16)28-13/h1-9H,(H,26,30). The number of anilines is 1. The highest BCUT2D eigenvalue weighted by atomic mass is 32.1. The topological polar surface area (TPSA) is 59.3 Å². The summed E-state index contributed by atoms with van der Waals surface area (Å²) in [5.74, 6) is -0.976. The molecule has 4 rings (SSSR count). The Morgan fingerprint density at radius 1 is 0.968 bits per heavy atom. The van der Waals surface area contributed by atoms with Crippen LogP contribution in [0.5, 0.6) is 0 Å². The van der Waals surface area contributed by atoms with Crippen molar-refractivity contribution in [3.8, 4) is 10.6 Å². The highest BCUT2D eigenvalue weighted by Gasteiger charge is 2.36. The number of rotatable bonds is 3. The van der Waals surface area contributed by atoms with E-state index in [1.54, 1.807) is 17.5 Å². The predicted molar refractivity (Wildman–Crippen MR) is 101 cm³/mol. The second-order valence-electron chi connectivity index (χ2n) is 6.33. The zero-order valence-electron chi connectivity index (χ0n) is 15.1. The van der Waals surface area contributed by atoms with Gasteiger partial charge in [-0.25, -0.2) is 9.50 Å². The van der Waals surface area contributed by atoms with E-state index < -0.39 is 35.2 Å². The molecule has 0 aliphatic carbocycles. The molecule has 0 saturated heterocycles. The molecular formula is C19H10F6N4OS. The van der Waals surface area contributed by atoms with Gasteiger partial charge < -0.3 is 5.32 Å². The summed E-state index contributed by atoms with van der Waals surface area (Å²) in [6.45, 7) is 0. The number of aromatic nitrogens is 3. The summed E-state index contributed by atoms with van der Waals surface area (Å²) in [5.41, 5.74) is -2.91. The Kier molecular flexibility index (Phi) is 4.96. The quantitative estimate of drug-likeness (QED) is 0.400. The van der Waals surface area contributed by atoms with Crippen molar-refractivity contribution in [2.75, 3.05) is 5.32 Å². The van der Waals surface area contributed by atoms with Crippen LogP contribution in [0.25, 0.3) is 16.2 Å². The lowest BCUT2D eigenvalue weighted by molar-refractivity contribution is -0.142. The maximum Gasteiger partial charge on any atom is 0.433 e. The zero-order chi connectivity index (χ0) is 22.4. The van der Waals surface area contributed by atoms with Crippen LogP contribution in [0.4, 0.5) is 32.0 Å². The third-order valence-electron chi connectivity index (χ3n) is 4.17. The van der Waals surface area contributed by atoms with Gasteiger partial charge in [-0.1, -0.05) is 12.1 Å². The SMILES string of the molecule is O=C(Nc1cccc(C(F)(F)F)c1)c1cc2nc(-c3cccs3)cc(C(F)(F)F)n2n1. The number of hydrogen-bond acceptors (Lipinski definition) is 4. The number of carbonyl (C=O) groups excluding carboxylic acids is 1. The Morgan fingerprint density at radius 3 is 2.39 bits per heavy atom. The van der Waals surface area contributed by atoms with E-state index in [-0.39, 0.29) is 17.0 Å². The molecule has 5 nitrogen and oxygen atoms in total. The zero-order valence-corrected chi connectivity index (χ0v) is 15.9. The summed E-state index contributed by atoms with van der Waals surface area (Å²) < 4.78 is 79.7. The Labute approximate surface area is 174 Å². The molecule has 1 N–H and O–H groups in total. The Hall–Kier alpha value is -3.41. The molecular weight excluding hydrogens is 446 g/mol. The van der Waals surface area contributed by atoms with Crippen LogP contribution >= 0.6 is 11.3 Å². The van der Waals surface area contributed by atoms with Crippen molar-refractivity contribution in [3.63, 3.8) is 0 Å². The number of hydrogen-bond donors (Lipinski definition) is 1. The van der Waals surface area contributed by atoms with Gasteiger partial charge in [-0.2, -0.15) is 31.4 Å². The van der Waals surface area contributed by atoms with E-state index in [0.717, 1.165) is 24.3 Å². The molecule has 0 unspecified atom stereocenters. The molecule has 12 heteroatoms. The molecule has 0 bridgehead atoms. The van der Waals surface area contributed by atoms with E-state index in [4.69, 9.17) is 0 Å². The van der Waals surface area contributed by atoms with E-state index in [1.165, 1.54) is 17.4 Å². The van der Waals surface area contributed by atoms with E-state index in [9.17, 15) is 31.1 Å². The van der Waals surface area contributed by atoms with Crippen molar-refractivity contribution in [1.82, 2.24) is 14.6 Å². The van der Waals surface area contributed by atoms with Crippen LogP contribution in [0.2, 0.25) is 0 Å². The summed E-state index contributed by atoms with van der Waals surface area (Å²) in [6.07, 6.45) is -9.40. The normalized spacial score (nSPS) is 12.3. The highest BCUT2D eigenvalue weighted by Crippen LogP contribution is 2.34. The van der Waals surface area contributed by atoms with Crippen LogP contribution in [0, 0.1) is 0 Å². The molecule has 0 aliphatic rings. The molecule has 0 saturated carbocycles. The molecule has 3 heterocycles. The number of benzene rings is 1. The third-order valence-corrected chi connectivity index (χ3v) is 5.06. The number of nitrogens with zero attached hydrogens (tertiary/aromatic N) is 3. The number of nitrogens with one attached hydrogen (secondary N) is 1. The van der Waals surface area contributed by atoms with Gasteiger partial charge in [0.25, 0.3) is 5.91 Å². The van der Waals surface area contributed by atoms with Crippen molar-refractivity contribution < 1.29 is 31.1 Å². The van der Waals surface area contributed by atoms with E-state index in [0.29, 0.717) is 15.5 Å². The largest absolute Gasteiger partial charge is 0.433 e. The summed E-state index contributed by atoms with van der Waals surface area (Å²) in [4.78, 5) is 17.1. The minimum Gasteiger partial charge on any atom is -0.321 e. The first-order valence-corrected chi connectivity index (χ1v) is 9.41. The third kappa shape index (κ3) is 4.24. The van der Waals surface area contributed by atoms with Gasteiger partial charge in [-0.05, 0) is 35.7 Å². The van der Waals surface area contributed by atoms with Crippen molar-refractivity contribution in [1.29, 1.82) is 0 Å². The lowest BCUT2D eigenvalue weighted by Gasteiger charge is -2.10. The van der Waals surface area contributed by atoms with Crippen molar-refractivity contribution in [2.45, 2.75) is 12.4 Å². The van der Waals surface area contributed by atoms with Crippen LogP contribution in [-0.4, -0.2) is 20.5 Å². The fraction of sp³-hybridized carbons (Fsp3) is 0.105. The maximum absolute atomic E-state index is 13.6. The van der Waals surface area contributed by atoms with Gasteiger partial charge in [0.1, 0.15) is 0 Å². The van der Waals surface area contributed by atoms with E-state index in [2.05, 4.69) is 15.4 Å². The average molecular weight is 456 g/mol. The Bertz CT molecular complexity index is 1260. The molecule has 1 amide bonds. The minimum absolute atomic E-state index is 0.0551. The Balaban J connectivity index is 1.73. The van der Waals surface area contributed by atoms with Crippen LogP contribution in [0.1, 0.15) is 21.7 Å². The molecule has 1 aromatic carbocycles. The van der Waals surface area contributed by atoms with Crippen LogP contribution in [0.3, 0.4) is 0 Å². The lowest BCUT2D eigenvalue weighted by Crippen LogP contribution is -2.16. The molecule has 0 spiro atoms. The van der Waals surface area contributed by atoms with Crippen molar-refractivity contribution in [2.24, 2.45) is 0 Å². The number of fused-ring (bicyclic) bond motifs is 1. The second kappa shape index (κ2) is 7.38. The van der Waals surface area contributed by atoms with Gasteiger partial charge in [0.15, 0.2) is 17.0 Å². The fourth-order valence-corrected chi connectivity index (χ4v) is 3.49. The number of alkyl halides is 6. The number of carbonyl (C=O) groups is 1. The van der Waals surface area contributed by atoms with Crippen LogP contribution in [-0.2, 0) is 12.4 Å². The van der Waals surface area contributed by atoms with Crippen LogP contribution < -0.4 is 5.32 Å². The monoisotopic (exact) mass is 456 g/mol. The molecule has 3 aromatic heterocycles. The maximum atomic E-state index is 13.6. The predicted octanol–water partition coefficient (Wildman–Crippen LogP) is 5.75. The van der Waals surface area contributed by atoms with E-state index in [1.807, 2.05) is 0 Å². The summed E-state index contributed by atoms with van der Waals surface area (Å²) in [5, 5.41) is 7.56. The Morgan fingerprint density at radius 2 is 1.74 bits per heavy atom. The van der Waals surface area contributed by atoms with Gasteiger partial charge >= 0.3 is 12.4 Å². The first-order chi connectivity index (χ1) is 14.5. The second-order valence-corrected chi connectivity index (χ2v) is 7.28. The number of amides is 1. The molecule has 0 radical (unpaired) electrons. The molecule has 31 heavy (non-hydrogen) atoms. The molecule has 4 aromatic rings. The van der Waals surface area contributed by atoms with Gasteiger partial charge in [0.2, 0.25) is 0 Å². The average Bonchev–Trinajstić information content (AvgIpc) is 3.35. The first kappa shape index (κ1) is 20.8. The highest BCUT2D eigenvalue weighted by molar-refractivity contribution is 7.13. The fourth-order valence-electron chi connectivity index (χ4n) is 2.81. The smallest absolute Gasteiger partial charge is 0.321 e. The van der Waals surface area contributed by atoms with Crippen LogP contribution in [0.15, 0.2) is 53.9 Å². The van der Waals surface area contributed by atoms with Gasteiger partial charge in [0, 0.05) is 11.8 Å². The molecule has 0 atom stereocenters. The molecule has 0 aliphatic heterocycles. The van der Waals surface area contributed by atoms with Crippen molar-refractivity contribution >= 4 is 28.6 Å². The first-order valence-electron chi connectivity index (χ1n) is 8.53. The summed E-state index contributed by atoms with van der Waals surface area (Å²) in [6, 6.07) is 8.96. The number of thiophene rings is 1. The molecule has 0 fully saturated rings. The van der Waals surface area contributed by atoms with Gasteiger partial charge in [-0.3, -0.25) is 4.79 Å².